The van der Waals surface area contributed by atoms with Gasteiger partial charge in [0.05, 0.1) is 24.2 Å². The molecular formula is C14H19N3O4. The van der Waals surface area contributed by atoms with Crippen molar-refractivity contribution in [1.82, 2.24) is 10.2 Å². The Bertz CT molecular complexity index is 535. The molecule has 7 heteroatoms. The standard InChI is InChI=1S/C14H19N3O4/c1-10-13(15-7-8-21-10)14(18)16(2)9-11-5-3-4-6-12(11)17(19)20/h3-6,10,13,15H,7-9H2,1-2H3/t10-,13+/m1/s1. The van der Waals surface area contributed by atoms with E-state index in [0.717, 1.165) is 0 Å². The lowest BCUT2D eigenvalue weighted by Crippen LogP contribution is -2.55. The molecule has 0 saturated carbocycles. The first-order valence-corrected chi connectivity index (χ1v) is 6.83. The van der Waals surface area contributed by atoms with Crippen LogP contribution in [0.25, 0.3) is 0 Å². The Morgan fingerprint density at radius 3 is 2.90 bits per heavy atom. The fraction of sp³-hybridized carbons (Fsp3) is 0.500. The van der Waals surface area contributed by atoms with Gasteiger partial charge in [-0.1, -0.05) is 18.2 Å². The molecule has 0 aromatic heterocycles. The lowest BCUT2D eigenvalue weighted by molar-refractivity contribution is -0.385. The fourth-order valence-corrected chi connectivity index (χ4v) is 2.40. The molecule has 0 spiro atoms. The van der Waals surface area contributed by atoms with Crippen molar-refractivity contribution in [3.05, 3.63) is 39.9 Å². The van der Waals surface area contributed by atoms with Crippen LogP contribution >= 0.6 is 0 Å². The first-order chi connectivity index (χ1) is 10.0. The largest absolute Gasteiger partial charge is 0.375 e. The van der Waals surface area contributed by atoms with Crippen molar-refractivity contribution in [1.29, 1.82) is 0 Å². The molecule has 114 valence electrons. The predicted molar refractivity (Wildman–Crippen MR) is 76.8 cm³/mol. The second kappa shape index (κ2) is 6.64. The highest BCUT2D eigenvalue weighted by atomic mass is 16.6. The topological polar surface area (TPSA) is 84.7 Å². The van der Waals surface area contributed by atoms with E-state index < -0.39 is 11.0 Å². The van der Waals surface area contributed by atoms with Gasteiger partial charge in [0, 0.05) is 25.2 Å². The minimum Gasteiger partial charge on any atom is -0.375 e. The van der Waals surface area contributed by atoms with Gasteiger partial charge in [-0.05, 0) is 6.92 Å². The molecule has 2 atom stereocenters. The number of carbonyl (C=O) groups is 1. The smallest absolute Gasteiger partial charge is 0.274 e. The predicted octanol–water partition coefficient (Wildman–Crippen LogP) is 0.930. The van der Waals surface area contributed by atoms with Crippen LogP contribution in [0.15, 0.2) is 24.3 Å². The van der Waals surface area contributed by atoms with E-state index in [1.807, 2.05) is 6.92 Å². The van der Waals surface area contributed by atoms with Crippen molar-refractivity contribution in [3.8, 4) is 0 Å². The molecule has 1 aliphatic heterocycles. The second-order valence-electron chi connectivity index (χ2n) is 5.09. The van der Waals surface area contributed by atoms with Crippen LogP contribution in [-0.2, 0) is 16.1 Å². The monoisotopic (exact) mass is 293 g/mol. The van der Waals surface area contributed by atoms with E-state index in [1.165, 1.54) is 11.0 Å². The van der Waals surface area contributed by atoms with Crippen molar-refractivity contribution >= 4 is 11.6 Å². The molecule has 1 aliphatic rings. The van der Waals surface area contributed by atoms with Crippen LogP contribution < -0.4 is 5.32 Å². The Morgan fingerprint density at radius 2 is 2.24 bits per heavy atom. The van der Waals surface area contributed by atoms with Gasteiger partial charge in [0.15, 0.2) is 0 Å². The summed E-state index contributed by atoms with van der Waals surface area (Å²) in [7, 11) is 1.64. The average Bonchev–Trinajstić information content (AvgIpc) is 2.47. The van der Waals surface area contributed by atoms with Gasteiger partial charge in [0.1, 0.15) is 6.04 Å². The minimum absolute atomic E-state index is 0.0260. The maximum absolute atomic E-state index is 12.4. The van der Waals surface area contributed by atoms with E-state index >= 15 is 0 Å². The third-order valence-electron chi connectivity index (χ3n) is 3.55. The van der Waals surface area contributed by atoms with Gasteiger partial charge in [-0.3, -0.25) is 14.9 Å². The molecule has 0 unspecified atom stereocenters. The van der Waals surface area contributed by atoms with E-state index in [9.17, 15) is 14.9 Å². The molecule has 1 N–H and O–H groups in total. The summed E-state index contributed by atoms with van der Waals surface area (Å²) in [6, 6.07) is 6.04. The number of amides is 1. The summed E-state index contributed by atoms with van der Waals surface area (Å²) < 4.78 is 5.46. The average molecular weight is 293 g/mol. The molecule has 0 aliphatic carbocycles. The summed E-state index contributed by atoms with van der Waals surface area (Å²) in [5.41, 5.74) is 0.542. The van der Waals surface area contributed by atoms with E-state index in [0.29, 0.717) is 18.7 Å². The highest BCUT2D eigenvalue weighted by Gasteiger charge is 2.31. The third kappa shape index (κ3) is 3.56. The molecule has 0 bridgehead atoms. The molecule has 1 aromatic carbocycles. The molecule has 1 aromatic rings. The molecule has 0 radical (unpaired) electrons. The summed E-state index contributed by atoms with van der Waals surface area (Å²) in [5, 5.41) is 14.1. The van der Waals surface area contributed by atoms with Crippen LogP contribution in [0.3, 0.4) is 0 Å². The zero-order valence-corrected chi connectivity index (χ0v) is 12.1. The van der Waals surface area contributed by atoms with Gasteiger partial charge in [0.25, 0.3) is 5.69 Å². The summed E-state index contributed by atoms with van der Waals surface area (Å²) in [4.78, 5) is 24.5. The number of likely N-dealkylation sites (N-methyl/N-ethyl adjacent to an activating group) is 1. The van der Waals surface area contributed by atoms with Crippen molar-refractivity contribution in [3.63, 3.8) is 0 Å². The van der Waals surface area contributed by atoms with Gasteiger partial charge in [-0.25, -0.2) is 0 Å². The number of ether oxygens (including phenoxy) is 1. The van der Waals surface area contributed by atoms with Crippen LogP contribution in [0.1, 0.15) is 12.5 Å². The van der Waals surface area contributed by atoms with Gasteiger partial charge in [-0.2, -0.15) is 0 Å². The zero-order valence-electron chi connectivity index (χ0n) is 12.1. The normalized spacial score (nSPS) is 21.8. The summed E-state index contributed by atoms with van der Waals surface area (Å²) in [6.07, 6.45) is -0.209. The van der Waals surface area contributed by atoms with Gasteiger partial charge >= 0.3 is 0 Å². The number of morpholine rings is 1. The van der Waals surface area contributed by atoms with Crippen LogP contribution in [0.5, 0.6) is 0 Å². The number of benzene rings is 1. The number of hydrogen-bond donors (Lipinski definition) is 1. The SMILES string of the molecule is C[C@H]1OCCN[C@@H]1C(=O)N(C)Cc1ccccc1[N+](=O)[O-]. The summed E-state index contributed by atoms with van der Waals surface area (Å²) >= 11 is 0. The number of nitro groups is 1. The second-order valence-corrected chi connectivity index (χ2v) is 5.09. The first-order valence-electron chi connectivity index (χ1n) is 6.83. The zero-order chi connectivity index (χ0) is 15.4. The first kappa shape index (κ1) is 15.4. The Hall–Kier alpha value is -1.99. The molecule has 1 heterocycles. The van der Waals surface area contributed by atoms with Gasteiger partial charge in [0.2, 0.25) is 5.91 Å². The van der Waals surface area contributed by atoms with Crippen LogP contribution in [0.4, 0.5) is 5.69 Å². The molecular weight excluding hydrogens is 274 g/mol. The minimum atomic E-state index is -0.432. The number of nitro benzene ring substituents is 1. The molecule has 1 fully saturated rings. The van der Waals surface area contributed by atoms with E-state index in [1.54, 1.807) is 25.2 Å². The van der Waals surface area contributed by atoms with E-state index in [-0.39, 0.29) is 24.2 Å². The van der Waals surface area contributed by atoms with Crippen LogP contribution in [0, 0.1) is 10.1 Å². The number of nitrogens with one attached hydrogen (secondary N) is 1. The number of nitrogens with zero attached hydrogens (tertiary/aromatic N) is 2. The highest BCUT2D eigenvalue weighted by Crippen LogP contribution is 2.19. The fourth-order valence-electron chi connectivity index (χ4n) is 2.40. The van der Waals surface area contributed by atoms with Crippen molar-refractivity contribution < 1.29 is 14.5 Å². The van der Waals surface area contributed by atoms with Gasteiger partial charge in [-0.15, -0.1) is 0 Å². The number of hydrogen-bond acceptors (Lipinski definition) is 5. The highest BCUT2D eigenvalue weighted by molar-refractivity contribution is 5.82. The van der Waals surface area contributed by atoms with Crippen LogP contribution in [0.2, 0.25) is 0 Å². The third-order valence-corrected chi connectivity index (χ3v) is 3.55. The summed E-state index contributed by atoms with van der Waals surface area (Å²) in [6.45, 7) is 3.24. The number of carbonyl (C=O) groups excluding carboxylic acids is 1. The van der Waals surface area contributed by atoms with E-state index in [4.69, 9.17) is 4.74 Å². The summed E-state index contributed by atoms with van der Waals surface area (Å²) in [5.74, 6) is -0.125. The number of para-hydroxylation sites is 1. The van der Waals surface area contributed by atoms with Crippen molar-refractivity contribution in [2.45, 2.75) is 25.6 Å². The molecule has 21 heavy (non-hydrogen) atoms. The maximum Gasteiger partial charge on any atom is 0.274 e. The maximum atomic E-state index is 12.4. The van der Waals surface area contributed by atoms with Crippen molar-refractivity contribution in [2.75, 3.05) is 20.2 Å². The number of rotatable bonds is 4. The van der Waals surface area contributed by atoms with Gasteiger partial charge < -0.3 is 15.0 Å². The van der Waals surface area contributed by atoms with Crippen LogP contribution in [-0.4, -0.2) is 48.1 Å². The quantitative estimate of drug-likeness (QED) is 0.659. The Kier molecular flexibility index (Phi) is 4.87. The Labute approximate surface area is 123 Å². The Balaban J connectivity index is 2.09. The molecule has 7 nitrogen and oxygen atoms in total. The molecule has 2 rings (SSSR count). The Morgan fingerprint density at radius 1 is 1.52 bits per heavy atom. The molecule has 1 saturated heterocycles. The van der Waals surface area contributed by atoms with Crippen molar-refractivity contribution in [2.24, 2.45) is 0 Å². The lowest BCUT2D eigenvalue weighted by atomic mass is 10.1. The lowest BCUT2D eigenvalue weighted by Gasteiger charge is -2.32. The van der Waals surface area contributed by atoms with E-state index in [2.05, 4.69) is 5.32 Å². The molecule has 1 amide bonds.